The molecule has 110 valence electrons. The Hall–Kier alpha value is -1.16. The van der Waals surface area contributed by atoms with E-state index in [9.17, 15) is 0 Å². The molecule has 3 N–H and O–H groups in total. The summed E-state index contributed by atoms with van der Waals surface area (Å²) in [4.78, 5) is 4.61. The van der Waals surface area contributed by atoms with Gasteiger partial charge in [0.15, 0.2) is 0 Å². The minimum Gasteiger partial charge on any atom is -0.389 e. The maximum atomic E-state index is 5.79. The zero-order valence-corrected chi connectivity index (χ0v) is 13.7. The van der Waals surface area contributed by atoms with E-state index in [0.717, 1.165) is 24.1 Å². The van der Waals surface area contributed by atoms with Gasteiger partial charge in [0.1, 0.15) is 4.99 Å². The molecule has 3 nitrogen and oxygen atoms in total. The highest BCUT2D eigenvalue weighted by atomic mass is 32.1. The van der Waals surface area contributed by atoms with Crippen molar-refractivity contribution in [3.63, 3.8) is 0 Å². The first kappa shape index (κ1) is 15.2. The van der Waals surface area contributed by atoms with Crippen molar-refractivity contribution in [1.29, 1.82) is 0 Å². The molecule has 0 atom stereocenters. The van der Waals surface area contributed by atoms with Gasteiger partial charge in [-0.15, -0.1) is 0 Å². The summed E-state index contributed by atoms with van der Waals surface area (Å²) in [7, 11) is 0. The molecule has 1 aliphatic carbocycles. The molecule has 0 saturated heterocycles. The zero-order valence-electron chi connectivity index (χ0n) is 12.9. The van der Waals surface area contributed by atoms with Gasteiger partial charge >= 0.3 is 0 Å². The van der Waals surface area contributed by atoms with Gasteiger partial charge in [0, 0.05) is 17.8 Å². The summed E-state index contributed by atoms with van der Waals surface area (Å²) in [6.45, 7) is 9.39. The van der Waals surface area contributed by atoms with Crippen molar-refractivity contribution < 1.29 is 0 Å². The minimum absolute atomic E-state index is 0.352. The second-order valence-electron chi connectivity index (χ2n) is 7.54. The topological polar surface area (TPSA) is 50.9 Å². The van der Waals surface area contributed by atoms with Crippen molar-refractivity contribution in [3.8, 4) is 0 Å². The van der Waals surface area contributed by atoms with Gasteiger partial charge in [-0.3, -0.25) is 4.98 Å². The molecule has 20 heavy (non-hydrogen) atoms. The Balaban J connectivity index is 2.20. The molecule has 0 spiro atoms. The molecule has 1 fully saturated rings. The normalized spacial score (nSPS) is 21.4. The standard InChI is InChI=1S/C16H25N3S/c1-15(2)7-11(8-16(3,4)10-15)19-13-9-18-6-5-12(13)14(17)20/h5-6,9,11,19H,7-8,10H2,1-4H3,(H2,17,20). The zero-order chi connectivity index (χ0) is 15.0. The summed E-state index contributed by atoms with van der Waals surface area (Å²) in [5, 5.41) is 3.61. The van der Waals surface area contributed by atoms with Crippen molar-refractivity contribution in [2.75, 3.05) is 5.32 Å². The Morgan fingerprint density at radius 1 is 1.30 bits per heavy atom. The third kappa shape index (κ3) is 3.69. The molecular weight excluding hydrogens is 266 g/mol. The van der Waals surface area contributed by atoms with Crippen LogP contribution in [-0.4, -0.2) is 16.0 Å². The van der Waals surface area contributed by atoms with E-state index in [1.54, 1.807) is 6.20 Å². The predicted octanol–water partition coefficient (Wildman–Crippen LogP) is 3.73. The Morgan fingerprint density at radius 3 is 2.45 bits per heavy atom. The van der Waals surface area contributed by atoms with Gasteiger partial charge in [0.05, 0.1) is 11.9 Å². The Labute approximate surface area is 127 Å². The van der Waals surface area contributed by atoms with Crippen LogP contribution in [0.4, 0.5) is 5.69 Å². The van der Waals surface area contributed by atoms with Gasteiger partial charge in [-0.2, -0.15) is 0 Å². The van der Waals surface area contributed by atoms with Gasteiger partial charge in [-0.25, -0.2) is 0 Å². The maximum absolute atomic E-state index is 5.79. The first-order valence-corrected chi connectivity index (χ1v) is 7.60. The van der Waals surface area contributed by atoms with Crippen LogP contribution in [0.3, 0.4) is 0 Å². The van der Waals surface area contributed by atoms with Crippen molar-refractivity contribution >= 4 is 22.9 Å². The number of hydrogen-bond donors (Lipinski definition) is 2. The molecular formula is C16H25N3S. The van der Waals surface area contributed by atoms with Crippen LogP contribution in [0.1, 0.15) is 52.5 Å². The SMILES string of the molecule is CC1(C)CC(Nc2cnccc2C(N)=S)CC(C)(C)C1. The van der Waals surface area contributed by atoms with Gasteiger partial charge in [-0.1, -0.05) is 39.9 Å². The Kier molecular flexibility index (Phi) is 4.05. The summed E-state index contributed by atoms with van der Waals surface area (Å²) in [6, 6.07) is 2.31. The molecule has 0 unspecified atom stereocenters. The van der Waals surface area contributed by atoms with E-state index >= 15 is 0 Å². The number of nitrogens with one attached hydrogen (secondary N) is 1. The van der Waals surface area contributed by atoms with Crippen LogP contribution in [0.2, 0.25) is 0 Å². The molecule has 1 aromatic heterocycles. The molecule has 1 aromatic rings. The highest BCUT2D eigenvalue weighted by molar-refractivity contribution is 7.80. The van der Waals surface area contributed by atoms with Crippen LogP contribution in [-0.2, 0) is 0 Å². The average molecular weight is 291 g/mol. The molecule has 1 heterocycles. The summed E-state index contributed by atoms with van der Waals surface area (Å²) in [5.74, 6) is 0. The lowest BCUT2D eigenvalue weighted by Gasteiger charge is -2.45. The van der Waals surface area contributed by atoms with Crippen LogP contribution < -0.4 is 11.1 Å². The first-order valence-electron chi connectivity index (χ1n) is 7.19. The second-order valence-corrected chi connectivity index (χ2v) is 7.98. The highest BCUT2D eigenvalue weighted by Gasteiger charge is 2.38. The van der Waals surface area contributed by atoms with Crippen molar-refractivity contribution in [3.05, 3.63) is 24.0 Å². The summed E-state index contributed by atoms with van der Waals surface area (Å²) >= 11 is 5.12. The largest absolute Gasteiger partial charge is 0.389 e. The minimum atomic E-state index is 0.352. The van der Waals surface area contributed by atoms with E-state index in [1.165, 1.54) is 6.42 Å². The number of hydrogen-bond acceptors (Lipinski definition) is 3. The number of rotatable bonds is 3. The number of nitrogens with two attached hydrogens (primary N) is 1. The molecule has 1 saturated carbocycles. The van der Waals surface area contributed by atoms with Crippen LogP contribution >= 0.6 is 12.2 Å². The maximum Gasteiger partial charge on any atom is 0.106 e. The number of thiocarbonyl (C=S) groups is 1. The number of aromatic nitrogens is 1. The van der Waals surface area contributed by atoms with E-state index in [1.807, 2.05) is 12.3 Å². The molecule has 1 aliphatic rings. The van der Waals surface area contributed by atoms with Crippen molar-refractivity contribution in [2.45, 2.75) is 53.0 Å². The smallest absolute Gasteiger partial charge is 0.106 e. The van der Waals surface area contributed by atoms with E-state index in [0.29, 0.717) is 21.9 Å². The molecule has 4 heteroatoms. The van der Waals surface area contributed by atoms with E-state index < -0.39 is 0 Å². The van der Waals surface area contributed by atoms with Crippen molar-refractivity contribution in [1.82, 2.24) is 4.98 Å². The third-order valence-corrected chi connectivity index (χ3v) is 4.22. The number of anilines is 1. The molecule has 2 rings (SSSR count). The second kappa shape index (κ2) is 5.32. The Bertz CT molecular complexity index is 492. The monoisotopic (exact) mass is 291 g/mol. The van der Waals surface area contributed by atoms with Crippen LogP contribution in [0.25, 0.3) is 0 Å². The summed E-state index contributed by atoms with van der Waals surface area (Å²) < 4.78 is 0. The predicted molar refractivity (Wildman–Crippen MR) is 88.9 cm³/mol. The van der Waals surface area contributed by atoms with Crippen LogP contribution in [0, 0.1) is 10.8 Å². The van der Waals surface area contributed by atoms with Crippen LogP contribution in [0.15, 0.2) is 18.5 Å². The number of pyridine rings is 1. The number of nitrogens with zero attached hydrogens (tertiary/aromatic N) is 1. The van der Waals surface area contributed by atoms with Gasteiger partial charge in [0.2, 0.25) is 0 Å². The summed E-state index contributed by atoms with van der Waals surface area (Å²) in [6.07, 6.45) is 7.12. The lowest BCUT2D eigenvalue weighted by atomic mass is 9.63. The quantitative estimate of drug-likeness (QED) is 0.833. The molecule has 0 aliphatic heterocycles. The van der Waals surface area contributed by atoms with E-state index in [2.05, 4.69) is 38.0 Å². The molecule has 0 radical (unpaired) electrons. The van der Waals surface area contributed by atoms with Gasteiger partial charge in [0.25, 0.3) is 0 Å². The van der Waals surface area contributed by atoms with E-state index in [-0.39, 0.29) is 0 Å². The van der Waals surface area contributed by atoms with Gasteiger partial charge in [-0.05, 0) is 36.2 Å². The van der Waals surface area contributed by atoms with E-state index in [4.69, 9.17) is 18.0 Å². The fraction of sp³-hybridized carbons (Fsp3) is 0.625. The molecule has 0 bridgehead atoms. The average Bonchev–Trinajstić information content (AvgIpc) is 2.24. The lowest BCUT2D eigenvalue weighted by molar-refractivity contribution is 0.105. The Morgan fingerprint density at radius 2 is 1.90 bits per heavy atom. The highest BCUT2D eigenvalue weighted by Crippen LogP contribution is 2.46. The summed E-state index contributed by atoms with van der Waals surface area (Å²) in [5.41, 5.74) is 8.34. The third-order valence-electron chi connectivity index (χ3n) is 4.00. The fourth-order valence-electron chi connectivity index (χ4n) is 3.89. The van der Waals surface area contributed by atoms with Crippen molar-refractivity contribution in [2.24, 2.45) is 16.6 Å². The fourth-order valence-corrected chi connectivity index (χ4v) is 4.07. The van der Waals surface area contributed by atoms with Gasteiger partial charge < -0.3 is 11.1 Å². The lowest BCUT2D eigenvalue weighted by Crippen LogP contribution is -2.40. The molecule has 0 amide bonds. The van der Waals surface area contributed by atoms with Crippen LogP contribution in [0.5, 0.6) is 0 Å². The first-order chi connectivity index (χ1) is 9.19. The molecule has 0 aromatic carbocycles.